The van der Waals surface area contributed by atoms with E-state index in [2.05, 4.69) is 30.0 Å². The molecule has 1 aliphatic rings. The van der Waals surface area contributed by atoms with Crippen molar-refractivity contribution < 1.29 is 4.74 Å². The monoisotopic (exact) mass is 272 g/mol. The molecule has 1 aromatic heterocycles. The lowest BCUT2D eigenvalue weighted by molar-refractivity contribution is 0.311. The Morgan fingerprint density at radius 3 is 3.00 bits per heavy atom. The fourth-order valence-electron chi connectivity index (χ4n) is 2.75. The number of ether oxygens (including phenoxy) is 1. The molecule has 2 unspecified atom stereocenters. The first-order chi connectivity index (χ1) is 9.66. The van der Waals surface area contributed by atoms with Crippen molar-refractivity contribution >= 4 is 0 Å². The maximum absolute atomic E-state index is 6.39. The third-order valence-electron chi connectivity index (χ3n) is 3.81. The Morgan fingerprint density at radius 2 is 2.20 bits per heavy atom. The van der Waals surface area contributed by atoms with E-state index in [1.54, 1.807) is 6.33 Å². The minimum absolute atomic E-state index is 0.0136. The molecule has 0 saturated heterocycles. The van der Waals surface area contributed by atoms with Gasteiger partial charge in [-0.2, -0.15) is 5.10 Å². The first-order valence-corrected chi connectivity index (χ1v) is 7.02. The fourth-order valence-corrected chi connectivity index (χ4v) is 2.75. The van der Waals surface area contributed by atoms with E-state index >= 15 is 0 Å². The van der Waals surface area contributed by atoms with E-state index in [4.69, 9.17) is 10.5 Å². The van der Waals surface area contributed by atoms with Crippen molar-refractivity contribution in [3.8, 4) is 5.75 Å². The number of aromatic nitrogens is 3. The Kier molecular flexibility index (Phi) is 3.44. The van der Waals surface area contributed by atoms with Gasteiger partial charge in [-0.05, 0) is 19.9 Å². The standard InChI is InChI=1S/C15H20N4O/c1-10(2)19-15(17-9-18-19)7-13(16)12-8-20-14-6-4-3-5-11(12)14/h3-6,9-10,12-13H,7-8,16H2,1-2H3. The summed E-state index contributed by atoms with van der Waals surface area (Å²) in [6.07, 6.45) is 2.31. The molecule has 2 heterocycles. The lowest BCUT2D eigenvalue weighted by Gasteiger charge is -2.19. The molecule has 0 aliphatic carbocycles. The zero-order valence-electron chi connectivity index (χ0n) is 11.9. The van der Waals surface area contributed by atoms with Crippen LogP contribution in [0, 0.1) is 0 Å². The molecule has 5 nitrogen and oxygen atoms in total. The molecular weight excluding hydrogens is 252 g/mol. The van der Waals surface area contributed by atoms with Crippen LogP contribution in [0.4, 0.5) is 0 Å². The van der Waals surface area contributed by atoms with Crippen LogP contribution in [0.1, 0.15) is 37.2 Å². The molecule has 0 saturated carbocycles. The normalized spacial score (nSPS) is 18.9. The second-order valence-electron chi connectivity index (χ2n) is 5.54. The summed E-state index contributed by atoms with van der Waals surface area (Å²) < 4.78 is 7.64. The van der Waals surface area contributed by atoms with Crippen LogP contribution in [0.2, 0.25) is 0 Å². The molecule has 3 rings (SSSR count). The van der Waals surface area contributed by atoms with Gasteiger partial charge in [0.15, 0.2) is 0 Å². The van der Waals surface area contributed by atoms with Gasteiger partial charge in [-0.25, -0.2) is 9.67 Å². The van der Waals surface area contributed by atoms with E-state index in [1.807, 2.05) is 22.9 Å². The maximum Gasteiger partial charge on any atom is 0.138 e. The van der Waals surface area contributed by atoms with Crippen molar-refractivity contribution in [2.45, 2.75) is 38.3 Å². The summed E-state index contributed by atoms with van der Waals surface area (Å²) >= 11 is 0. The number of hydrogen-bond donors (Lipinski definition) is 1. The van der Waals surface area contributed by atoms with Crippen LogP contribution in [0.15, 0.2) is 30.6 Å². The Balaban J connectivity index is 1.78. The van der Waals surface area contributed by atoms with Gasteiger partial charge in [-0.3, -0.25) is 0 Å². The number of benzene rings is 1. The molecule has 1 aromatic carbocycles. The Morgan fingerprint density at radius 1 is 1.40 bits per heavy atom. The predicted molar refractivity (Wildman–Crippen MR) is 76.8 cm³/mol. The molecule has 2 N–H and O–H groups in total. The van der Waals surface area contributed by atoms with Gasteiger partial charge in [0.2, 0.25) is 0 Å². The third-order valence-corrected chi connectivity index (χ3v) is 3.81. The van der Waals surface area contributed by atoms with Crippen LogP contribution in [0.3, 0.4) is 0 Å². The number of fused-ring (bicyclic) bond motifs is 1. The van der Waals surface area contributed by atoms with Crippen molar-refractivity contribution in [2.75, 3.05) is 6.61 Å². The average Bonchev–Trinajstić information content (AvgIpc) is 3.04. The molecule has 2 atom stereocenters. The van der Waals surface area contributed by atoms with Gasteiger partial charge in [0.05, 0.1) is 6.61 Å². The van der Waals surface area contributed by atoms with Crippen LogP contribution in [-0.4, -0.2) is 27.4 Å². The van der Waals surface area contributed by atoms with Crippen LogP contribution < -0.4 is 10.5 Å². The lowest BCUT2D eigenvalue weighted by Crippen LogP contribution is -2.33. The van der Waals surface area contributed by atoms with Gasteiger partial charge in [-0.15, -0.1) is 0 Å². The summed E-state index contributed by atoms with van der Waals surface area (Å²) in [5.74, 6) is 2.12. The molecular formula is C15H20N4O. The van der Waals surface area contributed by atoms with Gasteiger partial charge in [0.1, 0.15) is 17.9 Å². The molecule has 0 radical (unpaired) electrons. The number of para-hydroxylation sites is 1. The smallest absolute Gasteiger partial charge is 0.138 e. The highest BCUT2D eigenvalue weighted by Gasteiger charge is 2.30. The van der Waals surface area contributed by atoms with Gasteiger partial charge >= 0.3 is 0 Å². The van der Waals surface area contributed by atoms with E-state index in [0.717, 1.165) is 11.6 Å². The van der Waals surface area contributed by atoms with Gasteiger partial charge in [0.25, 0.3) is 0 Å². The first-order valence-electron chi connectivity index (χ1n) is 7.02. The topological polar surface area (TPSA) is 66.0 Å². The van der Waals surface area contributed by atoms with Gasteiger partial charge in [-0.1, -0.05) is 18.2 Å². The van der Waals surface area contributed by atoms with Crippen molar-refractivity contribution in [2.24, 2.45) is 5.73 Å². The highest BCUT2D eigenvalue weighted by Crippen LogP contribution is 2.35. The third kappa shape index (κ3) is 2.29. The quantitative estimate of drug-likeness (QED) is 0.923. The summed E-state index contributed by atoms with van der Waals surface area (Å²) in [7, 11) is 0. The van der Waals surface area contributed by atoms with E-state index in [9.17, 15) is 0 Å². The summed E-state index contributed by atoms with van der Waals surface area (Å²) in [5, 5.41) is 4.26. The molecule has 0 fully saturated rings. The minimum atomic E-state index is -0.0136. The molecule has 5 heteroatoms. The molecule has 2 aromatic rings. The minimum Gasteiger partial charge on any atom is -0.493 e. The number of hydrogen-bond acceptors (Lipinski definition) is 4. The van der Waals surface area contributed by atoms with Crippen LogP contribution >= 0.6 is 0 Å². The fraction of sp³-hybridized carbons (Fsp3) is 0.467. The number of rotatable bonds is 4. The lowest BCUT2D eigenvalue weighted by atomic mass is 9.92. The highest BCUT2D eigenvalue weighted by atomic mass is 16.5. The average molecular weight is 272 g/mol. The Hall–Kier alpha value is -1.88. The Labute approximate surface area is 118 Å². The van der Waals surface area contributed by atoms with Crippen molar-refractivity contribution in [1.82, 2.24) is 14.8 Å². The summed E-state index contributed by atoms with van der Waals surface area (Å²) in [4.78, 5) is 4.34. The van der Waals surface area contributed by atoms with E-state index in [-0.39, 0.29) is 12.0 Å². The summed E-state index contributed by atoms with van der Waals surface area (Å²) in [6.45, 7) is 4.84. The van der Waals surface area contributed by atoms with Crippen molar-refractivity contribution in [3.05, 3.63) is 42.0 Å². The zero-order valence-corrected chi connectivity index (χ0v) is 11.9. The Bertz CT molecular complexity index is 593. The van der Waals surface area contributed by atoms with Crippen molar-refractivity contribution in [1.29, 1.82) is 0 Å². The second kappa shape index (κ2) is 5.25. The van der Waals surface area contributed by atoms with E-state index in [0.29, 0.717) is 19.1 Å². The second-order valence-corrected chi connectivity index (χ2v) is 5.54. The van der Waals surface area contributed by atoms with Gasteiger partial charge < -0.3 is 10.5 Å². The highest BCUT2D eigenvalue weighted by molar-refractivity contribution is 5.40. The van der Waals surface area contributed by atoms with Gasteiger partial charge in [0, 0.05) is 30.0 Å². The van der Waals surface area contributed by atoms with Crippen LogP contribution in [0.25, 0.3) is 0 Å². The SMILES string of the molecule is CC(C)n1ncnc1CC(N)C1COc2ccccc21. The number of nitrogens with zero attached hydrogens (tertiary/aromatic N) is 3. The van der Waals surface area contributed by atoms with E-state index in [1.165, 1.54) is 5.56 Å². The molecule has 20 heavy (non-hydrogen) atoms. The largest absolute Gasteiger partial charge is 0.493 e. The molecule has 106 valence electrons. The van der Waals surface area contributed by atoms with Crippen molar-refractivity contribution in [3.63, 3.8) is 0 Å². The van der Waals surface area contributed by atoms with Crippen LogP contribution in [0.5, 0.6) is 5.75 Å². The molecule has 1 aliphatic heterocycles. The molecule has 0 spiro atoms. The predicted octanol–water partition coefficient (Wildman–Crippen LogP) is 1.90. The summed E-state index contributed by atoms with van der Waals surface area (Å²) in [6, 6.07) is 8.40. The first kappa shape index (κ1) is 13.1. The maximum atomic E-state index is 6.39. The van der Waals surface area contributed by atoms with E-state index < -0.39 is 0 Å². The summed E-state index contributed by atoms with van der Waals surface area (Å²) in [5.41, 5.74) is 7.60. The number of nitrogens with two attached hydrogens (primary N) is 1. The zero-order chi connectivity index (χ0) is 14.1. The molecule has 0 amide bonds. The van der Waals surface area contributed by atoms with Crippen LogP contribution in [-0.2, 0) is 6.42 Å². The molecule has 0 bridgehead atoms.